The van der Waals surface area contributed by atoms with Crippen molar-refractivity contribution < 1.29 is 4.79 Å². The molecule has 0 radical (unpaired) electrons. The number of amides is 1. The first kappa shape index (κ1) is 17.7. The standard InChI is InChI=1S/C24H24N4O/c29-24(20-14-26-28(17-20)16-18-6-2-1-3-7-18)27-12-10-19(11-13-27)22-15-25-23-9-5-4-8-21(22)23/h1-9,14-15,17,19,25H,10-13,16H2. The first-order valence-electron chi connectivity index (χ1n) is 10.2. The fraction of sp³-hybridized carbons (Fsp3) is 0.250. The molecule has 0 bridgehead atoms. The third-order valence-electron chi connectivity index (χ3n) is 5.91. The van der Waals surface area contributed by atoms with Crippen LogP contribution in [0.3, 0.4) is 0 Å². The van der Waals surface area contributed by atoms with Gasteiger partial charge in [-0.2, -0.15) is 5.10 Å². The van der Waals surface area contributed by atoms with E-state index < -0.39 is 0 Å². The number of aromatic amines is 1. The number of piperidine rings is 1. The van der Waals surface area contributed by atoms with Crippen LogP contribution in [0.25, 0.3) is 10.9 Å². The highest BCUT2D eigenvalue weighted by atomic mass is 16.2. The fourth-order valence-electron chi connectivity index (χ4n) is 4.34. The van der Waals surface area contributed by atoms with Crippen LogP contribution in [0.5, 0.6) is 0 Å². The first-order chi connectivity index (χ1) is 14.3. The zero-order chi connectivity index (χ0) is 19.6. The molecular formula is C24H24N4O. The van der Waals surface area contributed by atoms with Crippen LogP contribution in [0.2, 0.25) is 0 Å². The van der Waals surface area contributed by atoms with Crippen LogP contribution in [0, 0.1) is 0 Å². The van der Waals surface area contributed by atoms with Crippen molar-refractivity contribution in [2.75, 3.05) is 13.1 Å². The highest BCUT2D eigenvalue weighted by molar-refractivity contribution is 5.93. The molecule has 0 spiro atoms. The number of H-pyrrole nitrogens is 1. The monoisotopic (exact) mass is 384 g/mol. The van der Waals surface area contributed by atoms with Crippen molar-refractivity contribution in [3.8, 4) is 0 Å². The lowest BCUT2D eigenvalue weighted by atomic mass is 9.89. The molecule has 1 saturated heterocycles. The van der Waals surface area contributed by atoms with Gasteiger partial charge < -0.3 is 9.88 Å². The van der Waals surface area contributed by atoms with E-state index in [-0.39, 0.29) is 5.91 Å². The molecule has 5 rings (SSSR count). The van der Waals surface area contributed by atoms with E-state index >= 15 is 0 Å². The van der Waals surface area contributed by atoms with E-state index in [1.165, 1.54) is 22.0 Å². The molecule has 146 valence electrons. The number of nitrogens with zero attached hydrogens (tertiary/aromatic N) is 3. The number of para-hydroxylation sites is 1. The summed E-state index contributed by atoms with van der Waals surface area (Å²) in [5.41, 5.74) is 4.41. The summed E-state index contributed by atoms with van der Waals surface area (Å²) in [6, 6.07) is 18.6. The molecule has 2 aromatic heterocycles. The second-order valence-corrected chi connectivity index (χ2v) is 7.77. The number of nitrogens with one attached hydrogen (secondary N) is 1. The Hall–Kier alpha value is -3.34. The Balaban J connectivity index is 1.23. The summed E-state index contributed by atoms with van der Waals surface area (Å²) in [5.74, 6) is 0.581. The van der Waals surface area contributed by atoms with E-state index in [1.807, 2.05) is 34.0 Å². The van der Waals surface area contributed by atoms with Crippen molar-refractivity contribution in [1.29, 1.82) is 0 Å². The number of carbonyl (C=O) groups excluding carboxylic acids is 1. The van der Waals surface area contributed by atoms with Crippen molar-refractivity contribution in [2.24, 2.45) is 0 Å². The molecule has 29 heavy (non-hydrogen) atoms. The van der Waals surface area contributed by atoms with Gasteiger partial charge in [-0.1, -0.05) is 48.5 Å². The Morgan fingerprint density at radius 3 is 2.62 bits per heavy atom. The predicted molar refractivity (Wildman–Crippen MR) is 114 cm³/mol. The van der Waals surface area contributed by atoms with Crippen LogP contribution in [-0.2, 0) is 6.54 Å². The van der Waals surface area contributed by atoms with E-state index in [1.54, 1.807) is 6.20 Å². The number of hydrogen-bond donors (Lipinski definition) is 1. The maximum atomic E-state index is 12.9. The topological polar surface area (TPSA) is 53.9 Å². The SMILES string of the molecule is O=C(c1cnn(Cc2ccccc2)c1)N1CCC(c2c[nH]c3ccccc23)CC1. The summed E-state index contributed by atoms with van der Waals surface area (Å²) in [6.45, 7) is 2.25. The minimum Gasteiger partial charge on any atom is -0.361 e. The lowest BCUT2D eigenvalue weighted by Gasteiger charge is -2.31. The molecule has 0 unspecified atom stereocenters. The van der Waals surface area contributed by atoms with E-state index in [9.17, 15) is 4.79 Å². The lowest BCUT2D eigenvalue weighted by Crippen LogP contribution is -2.37. The summed E-state index contributed by atoms with van der Waals surface area (Å²) >= 11 is 0. The zero-order valence-corrected chi connectivity index (χ0v) is 16.3. The van der Waals surface area contributed by atoms with Crippen LogP contribution in [0.4, 0.5) is 0 Å². The molecule has 3 heterocycles. The predicted octanol–water partition coefficient (Wildman–Crippen LogP) is 4.43. The largest absolute Gasteiger partial charge is 0.361 e. The number of benzene rings is 2. The Morgan fingerprint density at radius 2 is 1.79 bits per heavy atom. The Bertz CT molecular complexity index is 1120. The molecule has 1 fully saturated rings. The van der Waals surface area contributed by atoms with Crippen LogP contribution < -0.4 is 0 Å². The molecular weight excluding hydrogens is 360 g/mol. The molecule has 4 aromatic rings. The Labute approximate surface area is 170 Å². The minimum absolute atomic E-state index is 0.0849. The van der Waals surface area contributed by atoms with Gasteiger partial charge in [-0.25, -0.2) is 0 Å². The maximum Gasteiger partial charge on any atom is 0.257 e. The molecule has 1 aliphatic heterocycles. The first-order valence-corrected chi connectivity index (χ1v) is 10.2. The quantitative estimate of drug-likeness (QED) is 0.566. The number of aromatic nitrogens is 3. The lowest BCUT2D eigenvalue weighted by molar-refractivity contribution is 0.0713. The van der Waals surface area contributed by atoms with Gasteiger partial charge in [0.25, 0.3) is 5.91 Å². The van der Waals surface area contributed by atoms with Crippen molar-refractivity contribution in [3.05, 3.63) is 89.9 Å². The van der Waals surface area contributed by atoms with E-state index in [0.29, 0.717) is 18.0 Å². The molecule has 0 aliphatic carbocycles. The van der Waals surface area contributed by atoms with Gasteiger partial charge in [0, 0.05) is 36.4 Å². The summed E-state index contributed by atoms with van der Waals surface area (Å²) < 4.78 is 1.83. The van der Waals surface area contributed by atoms with Gasteiger partial charge in [0.2, 0.25) is 0 Å². The average Bonchev–Trinajstić information content (AvgIpc) is 3.41. The number of likely N-dealkylation sites (tertiary alicyclic amines) is 1. The molecule has 0 saturated carbocycles. The van der Waals surface area contributed by atoms with Crippen molar-refractivity contribution in [3.63, 3.8) is 0 Å². The van der Waals surface area contributed by atoms with Gasteiger partial charge in [0.05, 0.1) is 18.3 Å². The maximum absolute atomic E-state index is 12.9. The van der Waals surface area contributed by atoms with E-state index in [4.69, 9.17) is 0 Å². The molecule has 5 heteroatoms. The molecule has 5 nitrogen and oxygen atoms in total. The molecule has 1 N–H and O–H groups in total. The second-order valence-electron chi connectivity index (χ2n) is 7.77. The van der Waals surface area contributed by atoms with Crippen molar-refractivity contribution in [2.45, 2.75) is 25.3 Å². The number of fused-ring (bicyclic) bond motifs is 1. The Morgan fingerprint density at radius 1 is 1.03 bits per heavy atom. The second kappa shape index (κ2) is 7.59. The third kappa shape index (κ3) is 3.56. The van der Waals surface area contributed by atoms with Crippen LogP contribution in [0.15, 0.2) is 73.2 Å². The number of carbonyl (C=O) groups is 1. The highest BCUT2D eigenvalue weighted by Crippen LogP contribution is 2.33. The van der Waals surface area contributed by atoms with Crippen LogP contribution >= 0.6 is 0 Å². The Kier molecular flexibility index (Phi) is 4.64. The summed E-state index contributed by atoms with van der Waals surface area (Å²) in [5, 5.41) is 5.69. The molecule has 1 amide bonds. The van der Waals surface area contributed by atoms with Gasteiger partial charge >= 0.3 is 0 Å². The number of rotatable bonds is 4. The van der Waals surface area contributed by atoms with Gasteiger partial charge in [0.1, 0.15) is 0 Å². The molecule has 1 aliphatic rings. The summed E-state index contributed by atoms with van der Waals surface area (Å²) in [4.78, 5) is 18.3. The minimum atomic E-state index is 0.0849. The highest BCUT2D eigenvalue weighted by Gasteiger charge is 2.26. The van der Waals surface area contributed by atoms with E-state index in [2.05, 4.69) is 52.7 Å². The van der Waals surface area contributed by atoms with Gasteiger partial charge in [0.15, 0.2) is 0 Å². The van der Waals surface area contributed by atoms with Gasteiger partial charge in [-0.15, -0.1) is 0 Å². The van der Waals surface area contributed by atoms with Crippen molar-refractivity contribution in [1.82, 2.24) is 19.7 Å². The summed E-state index contributed by atoms with van der Waals surface area (Å²) in [6.07, 6.45) is 7.68. The molecule has 2 aromatic carbocycles. The summed E-state index contributed by atoms with van der Waals surface area (Å²) in [7, 11) is 0. The van der Waals surface area contributed by atoms with E-state index in [0.717, 1.165) is 25.9 Å². The molecule has 0 atom stereocenters. The fourth-order valence-corrected chi connectivity index (χ4v) is 4.34. The van der Waals surface area contributed by atoms with Crippen molar-refractivity contribution >= 4 is 16.8 Å². The van der Waals surface area contributed by atoms with Crippen LogP contribution in [-0.4, -0.2) is 38.7 Å². The smallest absolute Gasteiger partial charge is 0.257 e. The van der Waals surface area contributed by atoms with Crippen LogP contribution in [0.1, 0.15) is 40.2 Å². The normalized spacial score (nSPS) is 15.1. The van der Waals surface area contributed by atoms with Gasteiger partial charge in [-0.3, -0.25) is 9.48 Å². The zero-order valence-electron chi connectivity index (χ0n) is 16.3. The third-order valence-corrected chi connectivity index (χ3v) is 5.91. The average molecular weight is 384 g/mol. The number of hydrogen-bond acceptors (Lipinski definition) is 2. The van der Waals surface area contributed by atoms with Gasteiger partial charge in [-0.05, 0) is 36.0 Å².